The summed E-state index contributed by atoms with van der Waals surface area (Å²) in [6.45, 7) is 0.688. The highest BCUT2D eigenvalue weighted by molar-refractivity contribution is 9.10. The van der Waals surface area contributed by atoms with Crippen molar-refractivity contribution < 1.29 is 8.42 Å². The first-order chi connectivity index (χ1) is 9.53. The van der Waals surface area contributed by atoms with E-state index in [1.807, 2.05) is 17.5 Å². The predicted octanol–water partition coefficient (Wildman–Crippen LogP) is 2.49. The van der Waals surface area contributed by atoms with Crippen molar-refractivity contribution >= 4 is 37.3 Å². The SMILES string of the molecule is NCc1ccc(Br)c(S(=O)(=O)NCCc2cccs2)c1. The maximum absolute atomic E-state index is 12.3. The Hall–Kier alpha value is -0.730. The predicted molar refractivity (Wildman–Crippen MR) is 85.2 cm³/mol. The lowest BCUT2D eigenvalue weighted by molar-refractivity contribution is 0.581. The maximum Gasteiger partial charge on any atom is 0.241 e. The zero-order valence-corrected chi connectivity index (χ0v) is 13.9. The lowest BCUT2D eigenvalue weighted by atomic mass is 10.2. The molecule has 0 aliphatic carbocycles. The van der Waals surface area contributed by atoms with Crippen molar-refractivity contribution in [1.82, 2.24) is 4.72 Å². The lowest BCUT2D eigenvalue weighted by Crippen LogP contribution is -2.26. The van der Waals surface area contributed by atoms with Crippen LogP contribution in [0.5, 0.6) is 0 Å². The molecule has 0 radical (unpaired) electrons. The highest BCUT2D eigenvalue weighted by Gasteiger charge is 2.17. The molecule has 1 aromatic heterocycles. The minimum absolute atomic E-state index is 0.228. The number of thiophene rings is 1. The Balaban J connectivity index is 2.09. The molecule has 4 nitrogen and oxygen atoms in total. The molecule has 1 heterocycles. The number of rotatable bonds is 6. The average Bonchev–Trinajstić information content (AvgIpc) is 2.92. The van der Waals surface area contributed by atoms with Gasteiger partial charge in [0.25, 0.3) is 0 Å². The summed E-state index contributed by atoms with van der Waals surface area (Å²) in [6, 6.07) is 9.04. The Kier molecular flexibility index (Phi) is 5.34. The van der Waals surface area contributed by atoms with Gasteiger partial charge in [-0.1, -0.05) is 12.1 Å². The van der Waals surface area contributed by atoms with Gasteiger partial charge in [0, 0.05) is 22.4 Å². The Labute approximate surface area is 131 Å². The molecular formula is C13H15BrN2O2S2. The van der Waals surface area contributed by atoms with Crippen LogP contribution in [0.3, 0.4) is 0 Å². The van der Waals surface area contributed by atoms with E-state index in [0.717, 1.165) is 10.4 Å². The molecule has 0 saturated carbocycles. The van der Waals surface area contributed by atoms with Crippen molar-refractivity contribution in [1.29, 1.82) is 0 Å². The van der Waals surface area contributed by atoms with Crippen LogP contribution < -0.4 is 10.5 Å². The summed E-state index contributed by atoms with van der Waals surface area (Å²) in [5.41, 5.74) is 6.33. The summed E-state index contributed by atoms with van der Waals surface area (Å²) < 4.78 is 27.7. The van der Waals surface area contributed by atoms with Gasteiger partial charge in [0.1, 0.15) is 0 Å². The quantitative estimate of drug-likeness (QED) is 0.815. The molecule has 3 N–H and O–H groups in total. The summed E-state index contributed by atoms with van der Waals surface area (Å²) in [4.78, 5) is 1.38. The molecule has 0 unspecified atom stereocenters. The lowest BCUT2D eigenvalue weighted by Gasteiger charge is -2.09. The standard InChI is InChI=1S/C13H15BrN2O2S2/c14-12-4-3-10(9-15)8-13(12)20(17,18)16-6-5-11-2-1-7-19-11/h1-4,7-8,16H,5-6,9,15H2. The van der Waals surface area contributed by atoms with Gasteiger partial charge in [-0.3, -0.25) is 0 Å². The van der Waals surface area contributed by atoms with E-state index in [9.17, 15) is 8.42 Å². The van der Waals surface area contributed by atoms with Gasteiger partial charge in [-0.05, 0) is 51.5 Å². The van der Waals surface area contributed by atoms with E-state index < -0.39 is 10.0 Å². The second kappa shape index (κ2) is 6.82. The van der Waals surface area contributed by atoms with Gasteiger partial charge in [-0.2, -0.15) is 0 Å². The number of halogens is 1. The normalized spacial score (nSPS) is 11.7. The van der Waals surface area contributed by atoms with E-state index in [4.69, 9.17) is 5.73 Å². The fourth-order valence-corrected chi connectivity index (χ4v) is 4.47. The van der Waals surface area contributed by atoms with E-state index in [0.29, 0.717) is 24.0 Å². The Bertz CT molecular complexity index is 670. The highest BCUT2D eigenvalue weighted by atomic mass is 79.9. The van der Waals surface area contributed by atoms with Crippen LogP contribution in [0.25, 0.3) is 0 Å². The molecule has 0 saturated heterocycles. The number of hydrogen-bond donors (Lipinski definition) is 2. The van der Waals surface area contributed by atoms with E-state index >= 15 is 0 Å². The van der Waals surface area contributed by atoms with E-state index in [1.165, 1.54) is 0 Å². The van der Waals surface area contributed by atoms with Crippen molar-refractivity contribution in [3.05, 3.63) is 50.6 Å². The van der Waals surface area contributed by atoms with Crippen molar-refractivity contribution in [2.45, 2.75) is 17.9 Å². The van der Waals surface area contributed by atoms with Gasteiger partial charge in [-0.15, -0.1) is 11.3 Å². The smallest absolute Gasteiger partial charge is 0.241 e. The van der Waals surface area contributed by atoms with Crippen molar-refractivity contribution in [3.63, 3.8) is 0 Å². The summed E-state index contributed by atoms with van der Waals surface area (Å²) in [6.07, 6.45) is 0.686. The molecule has 20 heavy (non-hydrogen) atoms. The summed E-state index contributed by atoms with van der Waals surface area (Å²) in [5, 5.41) is 1.98. The van der Waals surface area contributed by atoms with E-state index in [1.54, 1.807) is 29.5 Å². The molecule has 1 aromatic carbocycles. The Morgan fingerprint density at radius 1 is 1.30 bits per heavy atom. The molecule has 7 heteroatoms. The van der Waals surface area contributed by atoms with Gasteiger partial charge in [0.2, 0.25) is 10.0 Å². The third-order valence-corrected chi connectivity index (χ3v) is 6.16. The van der Waals surface area contributed by atoms with E-state index in [-0.39, 0.29) is 4.90 Å². The van der Waals surface area contributed by atoms with Gasteiger partial charge >= 0.3 is 0 Å². The van der Waals surface area contributed by atoms with Crippen molar-refractivity contribution in [3.8, 4) is 0 Å². The van der Waals surface area contributed by atoms with Crippen LogP contribution in [0.4, 0.5) is 0 Å². The van der Waals surface area contributed by atoms with Crippen LogP contribution in [-0.2, 0) is 23.0 Å². The third-order valence-electron chi connectivity index (χ3n) is 2.76. The summed E-state index contributed by atoms with van der Waals surface area (Å²) in [7, 11) is -3.52. The number of nitrogens with one attached hydrogen (secondary N) is 1. The largest absolute Gasteiger partial charge is 0.326 e. The maximum atomic E-state index is 12.3. The van der Waals surface area contributed by atoms with Gasteiger partial charge in [-0.25, -0.2) is 13.1 Å². The van der Waals surface area contributed by atoms with Crippen molar-refractivity contribution in [2.75, 3.05) is 6.54 Å². The fraction of sp³-hybridized carbons (Fsp3) is 0.231. The average molecular weight is 375 g/mol. The van der Waals surface area contributed by atoms with Crippen LogP contribution in [0.15, 0.2) is 45.1 Å². The number of benzene rings is 1. The molecule has 0 bridgehead atoms. The molecule has 2 aromatic rings. The Morgan fingerprint density at radius 2 is 2.10 bits per heavy atom. The number of nitrogens with two attached hydrogens (primary N) is 1. The molecular weight excluding hydrogens is 360 g/mol. The van der Waals surface area contributed by atoms with Crippen LogP contribution in [0.1, 0.15) is 10.4 Å². The third kappa shape index (κ3) is 3.89. The zero-order chi connectivity index (χ0) is 14.6. The van der Waals surface area contributed by atoms with Crippen LogP contribution in [-0.4, -0.2) is 15.0 Å². The first-order valence-corrected chi connectivity index (χ1v) is 9.19. The minimum Gasteiger partial charge on any atom is -0.326 e. The molecule has 2 rings (SSSR count). The molecule has 0 aliphatic heterocycles. The molecule has 0 atom stereocenters. The highest BCUT2D eigenvalue weighted by Crippen LogP contribution is 2.23. The number of hydrogen-bond acceptors (Lipinski definition) is 4. The Morgan fingerprint density at radius 3 is 2.75 bits per heavy atom. The van der Waals surface area contributed by atoms with Crippen LogP contribution in [0.2, 0.25) is 0 Å². The zero-order valence-electron chi connectivity index (χ0n) is 10.7. The van der Waals surface area contributed by atoms with Gasteiger partial charge < -0.3 is 5.73 Å². The topological polar surface area (TPSA) is 72.2 Å². The fourth-order valence-electron chi connectivity index (χ4n) is 1.72. The molecule has 0 fully saturated rings. The van der Waals surface area contributed by atoms with Crippen molar-refractivity contribution in [2.24, 2.45) is 5.73 Å². The van der Waals surface area contributed by atoms with Gasteiger partial charge in [0.15, 0.2) is 0 Å². The minimum atomic E-state index is -3.52. The molecule has 0 spiro atoms. The van der Waals surface area contributed by atoms with Crippen LogP contribution >= 0.6 is 27.3 Å². The first-order valence-electron chi connectivity index (χ1n) is 6.03. The summed E-state index contributed by atoms with van der Waals surface area (Å²) >= 11 is 4.89. The van der Waals surface area contributed by atoms with Crippen LogP contribution in [0, 0.1) is 0 Å². The second-order valence-corrected chi connectivity index (χ2v) is 7.82. The van der Waals surface area contributed by atoms with Gasteiger partial charge in [0.05, 0.1) is 4.90 Å². The summed E-state index contributed by atoms with van der Waals surface area (Å²) in [5.74, 6) is 0. The van der Waals surface area contributed by atoms with E-state index in [2.05, 4.69) is 20.7 Å². The number of sulfonamides is 1. The molecule has 0 amide bonds. The second-order valence-electron chi connectivity index (χ2n) is 4.20. The first kappa shape index (κ1) is 15.7. The molecule has 108 valence electrons. The molecule has 0 aliphatic rings. The monoisotopic (exact) mass is 374 g/mol.